The number of rotatable bonds is 9. The molecule has 16 nitrogen and oxygen atoms in total. The van der Waals surface area contributed by atoms with E-state index in [2.05, 4.69) is 32.2 Å². The molecule has 0 saturated carbocycles. The molecule has 2 atom stereocenters. The quantitative estimate of drug-likeness (QED) is 0.0702. The highest BCUT2D eigenvalue weighted by atomic mass is 32.2. The second-order valence-electron chi connectivity index (χ2n) is 10.9. The molecule has 4 amide bonds. The number of carboxylic acids is 1. The van der Waals surface area contributed by atoms with Gasteiger partial charge in [-0.15, -0.1) is 23.1 Å². The van der Waals surface area contributed by atoms with Crippen molar-refractivity contribution >= 4 is 69.7 Å². The van der Waals surface area contributed by atoms with Crippen LogP contribution in [0.15, 0.2) is 45.6 Å². The van der Waals surface area contributed by atoms with Gasteiger partial charge in [0, 0.05) is 36.3 Å². The molecule has 3 fully saturated rings. The van der Waals surface area contributed by atoms with Gasteiger partial charge in [0.25, 0.3) is 11.8 Å². The number of allylic oxidation sites excluding steroid dienone is 1. The molecular formula is C28H28F3N7O9S2. The van der Waals surface area contributed by atoms with Crippen molar-refractivity contribution in [2.24, 2.45) is 11.1 Å². The van der Waals surface area contributed by atoms with Crippen molar-refractivity contribution in [2.45, 2.75) is 36.9 Å². The van der Waals surface area contributed by atoms with Crippen LogP contribution in [0.5, 0.6) is 0 Å². The predicted molar refractivity (Wildman–Crippen MR) is 165 cm³/mol. The number of nitrogen functional groups attached to an aromatic ring is 1. The van der Waals surface area contributed by atoms with E-state index in [1.54, 1.807) is 0 Å². The van der Waals surface area contributed by atoms with Gasteiger partial charge in [-0.25, -0.2) is 19.4 Å². The fourth-order valence-corrected chi connectivity index (χ4v) is 7.71. The van der Waals surface area contributed by atoms with Gasteiger partial charge < -0.3 is 35.9 Å². The molecule has 0 spiro atoms. The number of nitrogens with two attached hydrogens (primary N) is 1. The molecule has 4 aliphatic heterocycles. The number of carbonyl (C=O) groups is 6. The number of likely N-dealkylation sites (tertiary alicyclic amines) is 1. The number of thioether (sulfide) groups is 1. The first-order valence-electron chi connectivity index (χ1n) is 14.6. The van der Waals surface area contributed by atoms with Gasteiger partial charge in [-0.2, -0.15) is 13.2 Å². The lowest BCUT2D eigenvalue weighted by Crippen LogP contribution is -2.71. The van der Waals surface area contributed by atoms with Gasteiger partial charge in [-0.05, 0) is 36.3 Å². The number of alkyl halides is 3. The van der Waals surface area contributed by atoms with E-state index < -0.39 is 53.1 Å². The Hall–Kier alpha value is -4.92. The Morgan fingerprint density at radius 2 is 1.96 bits per heavy atom. The maximum Gasteiger partial charge on any atom is 0.493 e. The molecule has 5 heterocycles. The Balaban J connectivity index is 1.40. The molecule has 5 N–H and O–H groups in total. The van der Waals surface area contributed by atoms with E-state index in [0.29, 0.717) is 37.0 Å². The first-order chi connectivity index (χ1) is 23.2. The second-order valence-corrected chi connectivity index (χ2v) is 12.9. The summed E-state index contributed by atoms with van der Waals surface area (Å²) in [5.74, 6) is -6.95. The maximum atomic E-state index is 13.5. The molecule has 0 aromatic carbocycles. The summed E-state index contributed by atoms with van der Waals surface area (Å²) in [6, 6.07) is -1.36. The van der Waals surface area contributed by atoms with Crippen molar-refractivity contribution in [3.05, 3.63) is 46.1 Å². The average Bonchev–Trinajstić information content (AvgIpc) is 3.69. The highest BCUT2D eigenvalue weighted by Crippen LogP contribution is 2.46. The van der Waals surface area contributed by atoms with Crippen LogP contribution in [0.1, 0.15) is 25.0 Å². The van der Waals surface area contributed by atoms with E-state index in [1.807, 2.05) is 0 Å². The lowest BCUT2D eigenvalue weighted by atomic mass is 9.80. The average molecular weight is 728 g/mol. The van der Waals surface area contributed by atoms with E-state index in [9.17, 15) is 47.0 Å². The molecule has 0 radical (unpaired) electrons. The van der Waals surface area contributed by atoms with Crippen LogP contribution in [0.4, 0.5) is 23.1 Å². The standard InChI is InChI=1S/C28H28F3N7O9S2/c1-2-9-46-27(45)37-7-4-12(5-8-37)16(13-3-6-33-20(13)39)14-10-48-23-18(22(41)38(23)19(14)24(42)43)35-21(40)17(15-11-49-26(32)34-15)36-47-25(44)28(29,30)31/h2,11-12,18,23H,1,3-10H2,(H2,32,34)(H,33,39)(H,35,40)(H,42,43)/b16-13+,36-17-/t18-,23-/m1/s1. The van der Waals surface area contributed by atoms with Crippen LogP contribution in [-0.4, -0.2) is 111 Å². The number of aromatic nitrogens is 1. The SMILES string of the molecule is C=CCOC(=O)N1CCC(/C(C2=C(C(=O)O)N3C(=O)[C@@H](NC(=O)/C(=N\OC(=O)C(F)(F)F)c4csc(N)n4)[C@H]3SC2)=C2/CCNC2=O)CC1. The van der Waals surface area contributed by atoms with E-state index in [4.69, 9.17) is 10.5 Å². The normalized spacial score (nSPS) is 22.6. The van der Waals surface area contributed by atoms with Crippen molar-refractivity contribution in [1.82, 2.24) is 25.4 Å². The summed E-state index contributed by atoms with van der Waals surface area (Å²) in [7, 11) is 0. The zero-order valence-electron chi connectivity index (χ0n) is 25.3. The molecule has 262 valence electrons. The fourth-order valence-electron chi connectivity index (χ4n) is 5.80. The summed E-state index contributed by atoms with van der Waals surface area (Å²) in [5.41, 5.74) is 5.09. The lowest BCUT2D eigenvalue weighted by molar-refractivity contribution is -0.199. The molecule has 0 unspecified atom stereocenters. The number of anilines is 1. The summed E-state index contributed by atoms with van der Waals surface area (Å²) in [4.78, 5) is 86.1. The lowest BCUT2D eigenvalue weighted by Gasteiger charge is -2.50. The summed E-state index contributed by atoms with van der Waals surface area (Å²) < 4.78 is 43.2. The summed E-state index contributed by atoms with van der Waals surface area (Å²) >= 11 is 1.91. The summed E-state index contributed by atoms with van der Waals surface area (Å²) in [6.07, 6.45) is -3.44. The Labute approximate surface area is 283 Å². The van der Waals surface area contributed by atoms with Crippen LogP contribution in [0.3, 0.4) is 0 Å². The van der Waals surface area contributed by atoms with Crippen molar-refractivity contribution in [3.63, 3.8) is 0 Å². The molecule has 1 aromatic heterocycles. The smallest absolute Gasteiger partial charge is 0.477 e. The Bertz CT molecular complexity index is 1700. The minimum absolute atomic E-state index is 0.0168. The number of carbonyl (C=O) groups excluding carboxylic acids is 5. The van der Waals surface area contributed by atoms with E-state index >= 15 is 0 Å². The minimum atomic E-state index is -5.42. The van der Waals surface area contributed by atoms with Gasteiger partial charge in [0.2, 0.25) is 5.91 Å². The second kappa shape index (κ2) is 14.3. The first kappa shape index (κ1) is 35.4. The topological polar surface area (TPSA) is 223 Å². The number of amides is 4. The number of hydrogen-bond donors (Lipinski definition) is 4. The van der Waals surface area contributed by atoms with Gasteiger partial charge in [-0.1, -0.05) is 17.8 Å². The zero-order chi connectivity index (χ0) is 35.6. The third kappa shape index (κ3) is 7.26. The van der Waals surface area contributed by atoms with Gasteiger partial charge >= 0.3 is 24.2 Å². The number of piperidine rings is 1. The van der Waals surface area contributed by atoms with E-state index in [1.165, 1.54) is 16.4 Å². The maximum absolute atomic E-state index is 13.5. The van der Waals surface area contributed by atoms with Crippen LogP contribution < -0.4 is 16.4 Å². The Morgan fingerprint density at radius 1 is 1.24 bits per heavy atom. The van der Waals surface area contributed by atoms with Gasteiger partial charge in [-0.3, -0.25) is 19.3 Å². The molecule has 21 heteroatoms. The number of β-lactam (4-membered cyclic amide) rings is 1. The van der Waals surface area contributed by atoms with Crippen LogP contribution >= 0.6 is 23.1 Å². The Kier molecular flexibility index (Phi) is 10.3. The molecule has 49 heavy (non-hydrogen) atoms. The largest absolute Gasteiger partial charge is 0.493 e. The third-order valence-corrected chi connectivity index (χ3v) is 9.91. The Morgan fingerprint density at radius 3 is 2.53 bits per heavy atom. The molecule has 4 aliphatic rings. The number of hydrogen-bond acceptors (Lipinski definition) is 13. The number of thiazole rings is 1. The number of halogens is 3. The fraction of sp³-hybridized carbons (Fsp3) is 0.429. The number of nitrogens with one attached hydrogen (secondary N) is 2. The number of ether oxygens (including phenoxy) is 1. The van der Waals surface area contributed by atoms with E-state index in [0.717, 1.165) is 28.0 Å². The molecule has 3 saturated heterocycles. The van der Waals surface area contributed by atoms with Crippen LogP contribution in [0.2, 0.25) is 0 Å². The molecular weight excluding hydrogens is 699 g/mol. The van der Waals surface area contributed by atoms with Crippen molar-refractivity contribution in [2.75, 3.05) is 37.7 Å². The monoisotopic (exact) mass is 727 g/mol. The van der Waals surface area contributed by atoms with Crippen LogP contribution in [0.25, 0.3) is 0 Å². The number of nitrogens with zero attached hydrogens (tertiary/aromatic N) is 4. The highest BCUT2D eigenvalue weighted by Gasteiger charge is 2.55. The molecule has 5 rings (SSSR count). The molecule has 0 aliphatic carbocycles. The van der Waals surface area contributed by atoms with Crippen LogP contribution in [-0.2, 0) is 33.5 Å². The van der Waals surface area contributed by atoms with Gasteiger partial charge in [0.15, 0.2) is 10.8 Å². The summed E-state index contributed by atoms with van der Waals surface area (Å²) in [5, 5.41) is 18.6. The first-order valence-corrected chi connectivity index (χ1v) is 16.5. The van der Waals surface area contributed by atoms with Crippen molar-refractivity contribution in [1.29, 1.82) is 0 Å². The van der Waals surface area contributed by atoms with Crippen molar-refractivity contribution < 1.29 is 56.6 Å². The van der Waals surface area contributed by atoms with Gasteiger partial charge in [0.05, 0.1) is 0 Å². The third-order valence-electron chi connectivity index (χ3n) is 7.96. The number of fused-ring (bicyclic) bond motifs is 1. The zero-order valence-corrected chi connectivity index (χ0v) is 26.9. The van der Waals surface area contributed by atoms with Crippen molar-refractivity contribution in [3.8, 4) is 0 Å². The molecule has 0 bridgehead atoms. The number of carboxylic acid groups (broad SMARTS) is 1. The predicted octanol–water partition coefficient (Wildman–Crippen LogP) is 1.12. The van der Waals surface area contributed by atoms with Crippen LogP contribution in [0, 0.1) is 5.92 Å². The number of aliphatic carboxylic acids is 1. The summed E-state index contributed by atoms with van der Waals surface area (Å²) in [6.45, 7) is 4.42. The minimum Gasteiger partial charge on any atom is -0.477 e. The van der Waals surface area contributed by atoms with Gasteiger partial charge in [0.1, 0.15) is 29.4 Å². The van der Waals surface area contributed by atoms with E-state index in [-0.39, 0.29) is 59.4 Å². The molecule has 1 aromatic rings. The highest BCUT2D eigenvalue weighted by molar-refractivity contribution is 8.00. The number of oxime groups is 1.